The minimum atomic E-state index is -0.502. The molecule has 0 radical (unpaired) electrons. The van der Waals surface area contributed by atoms with Crippen molar-refractivity contribution in [3.8, 4) is 0 Å². The van der Waals surface area contributed by atoms with Gasteiger partial charge < -0.3 is 5.11 Å². The minimum absolute atomic E-state index is 0.416. The Labute approximate surface area is 141 Å². The summed E-state index contributed by atoms with van der Waals surface area (Å²) in [5, 5.41) is 9.69. The molecule has 0 aromatic rings. The van der Waals surface area contributed by atoms with Crippen molar-refractivity contribution in [3.05, 3.63) is 0 Å². The third kappa shape index (κ3) is 10.6. The molecule has 0 bridgehead atoms. The predicted molar refractivity (Wildman–Crippen MR) is 100 cm³/mol. The van der Waals surface area contributed by atoms with E-state index in [1.54, 1.807) is 0 Å². The molecule has 1 rings (SSSR count). The topological polar surface area (TPSA) is 20.2 Å². The molecule has 1 aliphatic rings. The van der Waals surface area contributed by atoms with Crippen LogP contribution >= 0.6 is 0 Å². The quantitative estimate of drug-likeness (QED) is 0.511. The summed E-state index contributed by atoms with van der Waals surface area (Å²) < 4.78 is 0. The molecule has 0 spiro atoms. The van der Waals surface area contributed by atoms with Crippen molar-refractivity contribution < 1.29 is 5.11 Å². The first-order chi connectivity index (χ1) is 10.2. The van der Waals surface area contributed by atoms with Gasteiger partial charge in [-0.2, -0.15) is 0 Å². The van der Waals surface area contributed by atoms with Gasteiger partial charge in [0.1, 0.15) is 0 Å². The maximum Gasteiger partial charge on any atom is 0.0617 e. The number of hydrogen-bond donors (Lipinski definition) is 1. The van der Waals surface area contributed by atoms with Gasteiger partial charge in [0.25, 0.3) is 0 Å². The van der Waals surface area contributed by atoms with E-state index in [9.17, 15) is 5.11 Å². The molecule has 1 heteroatoms. The Morgan fingerprint density at radius 2 is 1.55 bits per heavy atom. The Morgan fingerprint density at radius 3 is 1.95 bits per heavy atom. The predicted octanol–water partition coefficient (Wildman–Crippen LogP) is 6.83. The van der Waals surface area contributed by atoms with Crippen molar-refractivity contribution in [1.82, 2.24) is 0 Å². The molecule has 0 saturated heterocycles. The van der Waals surface area contributed by atoms with E-state index in [2.05, 4.69) is 34.6 Å². The average Bonchev–Trinajstić information content (AvgIpc) is 2.43. The molecule has 1 nitrogen and oxygen atoms in total. The van der Waals surface area contributed by atoms with Crippen LogP contribution in [-0.2, 0) is 0 Å². The second kappa shape index (κ2) is 11.5. The largest absolute Gasteiger partial charge is 0.390 e. The zero-order chi connectivity index (χ0) is 17.2. The van der Waals surface area contributed by atoms with Crippen LogP contribution in [0, 0.1) is 23.7 Å². The SMILES string of the molecule is CC(C)CCCCC(C)C(C)(C)O.CCC1CCCCC1C. The van der Waals surface area contributed by atoms with Crippen LogP contribution in [0.1, 0.15) is 106 Å². The van der Waals surface area contributed by atoms with E-state index in [0.717, 1.165) is 24.2 Å². The zero-order valence-electron chi connectivity index (χ0n) is 16.6. The van der Waals surface area contributed by atoms with Gasteiger partial charge in [0.15, 0.2) is 0 Å². The maximum atomic E-state index is 9.69. The molecule has 3 unspecified atom stereocenters. The first-order valence-corrected chi connectivity index (χ1v) is 9.90. The van der Waals surface area contributed by atoms with Gasteiger partial charge in [0, 0.05) is 0 Å². The van der Waals surface area contributed by atoms with Crippen LogP contribution in [0.4, 0.5) is 0 Å². The van der Waals surface area contributed by atoms with Gasteiger partial charge in [0.2, 0.25) is 0 Å². The van der Waals surface area contributed by atoms with Crippen LogP contribution in [0.3, 0.4) is 0 Å². The van der Waals surface area contributed by atoms with Gasteiger partial charge >= 0.3 is 0 Å². The van der Waals surface area contributed by atoms with Gasteiger partial charge in [-0.1, -0.05) is 86.0 Å². The smallest absolute Gasteiger partial charge is 0.0617 e. The molecule has 3 atom stereocenters. The lowest BCUT2D eigenvalue weighted by atomic mass is 9.79. The molecule has 0 aliphatic heterocycles. The molecule has 22 heavy (non-hydrogen) atoms. The fraction of sp³-hybridized carbons (Fsp3) is 1.00. The summed E-state index contributed by atoms with van der Waals surface area (Å²) in [5.41, 5.74) is -0.502. The number of rotatable bonds is 7. The van der Waals surface area contributed by atoms with Crippen molar-refractivity contribution in [2.24, 2.45) is 23.7 Å². The van der Waals surface area contributed by atoms with Gasteiger partial charge in [-0.3, -0.25) is 0 Å². The highest BCUT2D eigenvalue weighted by Crippen LogP contribution is 2.31. The van der Waals surface area contributed by atoms with E-state index in [1.807, 2.05) is 13.8 Å². The molecule has 1 saturated carbocycles. The summed E-state index contributed by atoms with van der Waals surface area (Å²) in [6, 6.07) is 0. The van der Waals surface area contributed by atoms with Crippen molar-refractivity contribution in [2.75, 3.05) is 0 Å². The Bertz CT molecular complexity index is 251. The Hall–Kier alpha value is -0.0400. The lowest BCUT2D eigenvalue weighted by Crippen LogP contribution is -2.28. The van der Waals surface area contributed by atoms with Crippen molar-refractivity contribution in [1.29, 1.82) is 0 Å². The van der Waals surface area contributed by atoms with Gasteiger partial charge in [-0.05, 0) is 43.9 Å². The zero-order valence-corrected chi connectivity index (χ0v) is 16.6. The van der Waals surface area contributed by atoms with E-state index in [-0.39, 0.29) is 0 Å². The van der Waals surface area contributed by atoms with E-state index < -0.39 is 5.60 Å². The van der Waals surface area contributed by atoms with Crippen LogP contribution < -0.4 is 0 Å². The summed E-state index contributed by atoms with van der Waals surface area (Å²) >= 11 is 0. The Balaban J connectivity index is 0.000000425. The average molecular weight is 313 g/mol. The molecule has 0 aromatic heterocycles. The third-order valence-electron chi connectivity index (χ3n) is 5.69. The number of unbranched alkanes of at least 4 members (excludes halogenated alkanes) is 1. The van der Waals surface area contributed by atoms with E-state index in [1.165, 1.54) is 51.4 Å². The van der Waals surface area contributed by atoms with Crippen LogP contribution in [0.2, 0.25) is 0 Å². The summed E-state index contributed by atoms with van der Waals surface area (Å²) in [7, 11) is 0. The Kier molecular flexibility index (Phi) is 11.5. The van der Waals surface area contributed by atoms with Gasteiger partial charge in [-0.25, -0.2) is 0 Å². The molecular formula is C21H44O. The highest BCUT2D eigenvalue weighted by molar-refractivity contribution is 4.73. The molecule has 0 amide bonds. The first kappa shape index (κ1) is 22.0. The lowest BCUT2D eigenvalue weighted by Gasteiger charge is -2.27. The summed E-state index contributed by atoms with van der Waals surface area (Å²) in [6.45, 7) is 15.2. The lowest BCUT2D eigenvalue weighted by molar-refractivity contribution is 0.0203. The minimum Gasteiger partial charge on any atom is -0.390 e. The third-order valence-corrected chi connectivity index (χ3v) is 5.69. The summed E-state index contributed by atoms with van der Waals surface area (Å²) in [4.78, 5) is 0. The van der Waals surface area contributed by atoms with E-state index >= 15 is 0 Å². The monoisotopic (exact) mass is 312 g/mol. The summed E-state index contributed by atoms with van der Waals surface area (Å²) in [5.74, 6) is 3.31. The number of hydrogen-bond acceptors (Lipinski definition) is 1. The Morgan fingerprint density at radius 1 is 1.00 bits per heavy atom. The van der Waals surface area contributed by atoms with Crippen molar-refractivity contribution >= 4 is 0 Å². The second-order valence-electron chi connectivity index (χ2n) is 8.66. The molecule has 0 aromatic carbocycles. The molecule has 1 N–H and O–H groups in total. The molecule has 0 heterocycles. The van der Waals surface area contributed by atoms with Gasteiger partial charge in [-0.15, -0.1) is 0 Å². The normalized spacial score (nSPS) is 23.9. The van der Waals surface area contributed by atoms with Crippen LogP contribution in [0.5, 0.6) is 0 Å². The fourth-order valence-electron chi connectivity index (χ4n) is 3.36. The van der Waals surface area contributed by atoms with E-state index in [0.29, 0.717) is 5.92 Å². The van der Waals surface area contributed by atoms with Crippen LogP contribution in [0.25, 0.3) is 0 Å². The molecule has 1 fully saturated rings. The van der Waals surface area contributed by atoms with E-state index in [4.69, 9.17) is 0 Å². The van der Waals surface area contributed by atoms with Crippen LogP contribution in [0.15, 0.2) is 0 Å². The molecular weight excluding hydrogens is 268 g/mol. The summed E-state index contributed by atoms with van der Waals surface area (Å²) in [6.07, 6.45) is 12.4. The molecule has 1 aliphatic carbocycles. The highest BCUT2D eigenvalue weighted by Gasteiger charge is 2.21. The van der Waals surface area contributed by atoms with Crippen molar-refractivity contribution in [2.45, 2.75) is 112 Å². The fourth-order valence-corrected chi connectivity index (χ4v) is 3.36. The second-order valence-corrected chi connectivity index (χ2v) is 8.66. The number of aliphatic hydroxyl groups is 1. The highest BCUT2D eigenvalue weighted by atomic mass is 16.3. The van der Waals surface area contributed by atoms with Crippen LogP contribution in [-0.4, -0.2) is 10.7 Å². The van der Waals surface area contributed by atoms with Crippen molar-refractivity contribution in [3.63, 3.8) is 0 Å². The molecule has 134 valence electrons. The first-order valence-electron chi connectivity index (χ1n) is 9.90. The van der Waals surface area contributed by atoms with Gasteiger partial charge in [0.05, 0.1) is 5.60 Å². The maximum absolute atomic E-state index is 9.69. The standard InChI is InChI=1S/C12H26O.C9H18/c1-10(2)8-6-7-9-11(3)12(4,5)13;1-3-9-7-5-4-6-8(9)2/h10-11,13H,6-9H2,1-5H3;8-9H,3-7H2,1-2H3.